The molecule has 0 unspecified atom stereocenters. The van der Waals surface area contributed by atoms with Crippen LogP contribution in [-0.4, -0.2) is 30.6 Å². The van der Waals surface area contributed by atoms with Crippen molar-refractivity contribution in [2.24, 2.45) is 0 Å². The lowest BCUT2D eigenvalue weighted by Crippen LogP contribution is -2.41. The van der Waals surface area contributed by atoms with Crippen molar-refractivity contribution in [2.75, 3.05) is 25.6 Å². The molecule has 0 saturated heterocycles. The first-order valence-corrected chi connectivity index (χ1v) is 8.59. The van der Waals surface area contributed by atoms with Crippen LogP contribution in [0.5, 0.6) is 5.75 Å². The lowest BCUT2D eigenvalue weighted by molar-refractivity contribution is 0.0948. The predicted octanol–water partition coefficient (Wildman–Crippen LogP) is 3.07. The SMILES string of the molecule is COc1ccc(C(=O)NCC2(SC)CCCCC2)c(N)c1. The quantitative estimate of drug-likeness (QED) is 0.821. The van der Waals surface area contributed by atoms with Gasteiger partial charge < -0.3 is 15.8 Å². The molecule has 1 fully saturated rings. The number of carbonyl (C=O) groups excluding carboxylic acids is 1. The number of methoxy groups -OCH3 is 1. The van der Waals surface area contributed by atoms with Gasteiger partial charge in [0.15, 0.2) is 0 Å². The molecule has 0 bridgehead atoms. The van der Waals surface area contributed by atoms with Gasteiger partial charge in [0.25, 0.3) is 5.91 Å². The minimum absolute atomic E-state index is 0.103. The molecule has 5 heteroatoms. The molecule has 1 aliphatic rings. The van der Waals surface area contributed by atoms with Crippen molar-refractivity contribution in [3.63, 3.8) is 0 Å². The summed E-state index contributed by atoms with van der Waals surface area (Å²) < 4.78 is 5.29. The fraction of sp³-hybridized carbons (Fsp3) is 0.562. The maximum atomic E-state index is 12.3. The number of nitrogen functional groups attached to an aromatic ring is 1. The van der Waals surface area contributed by atoms with Crippen LogP contribution in [0.2, 0.25) is 0 Å². The van der Waals surface area contributed by atoms with Gasteiger partial charge in [-0.3, -0.25) is 4.79 Å². The summed E-state index contributed by atoms with van der Waals surface area (Å²) in [4.78, 5) is 12.3. The second-order valence-corrected chi connectivity index (χ2v) is 6.86. The molecule has 4 nitrogen and oxygen atoms in total. The zero-order valence-electron chi connectivity index (χ0n) is 12.8. The van der Waals surface area contributed by atoms with Gasteiger partial charge in [0.2, 0.25) is 0 Å². The summed E-state index contributed by atoms with van der Waals surface area (Å²) in [6.45, 7) is 0.707. The van der Waals surface area contributed by atoms with Crippen LogP contribution in [0, 0.1) is 0 Å². The van der Waals surface area contributed by atoms with Gasteiger partial charge in [-0.05, 0) is 31.2 Å². The van der Waals surface area contributed by atoms with Crippen LogP contribution in [0.1, 0.15) is 42.5 Å². The van der Waals surface area contributed by atoms with E-state index in [0.29, 0.717) is 23.5 Å². The van der Waals surface area contributed by atoms with E-state index in [4.69, 9.17) is 10.5 Å². The largest absolute Gasteiger partial charge is 0.497 e. The Labute approximate surface area is 130 Å². The highest BCUT2D eigenvalue weighted by Gasteiger charge is 2.31. The van der Waals surface area contributed by atoms with Crippen molar-refractivity contribution in [2.45, 2.75) is 36.9 Å². The number of hydrogen-bond acceptors (Lipinski definition) is 4. The van der Waals surface area contributed by atoms with Crippen molar-refractivity contribution in [1.82, 2.24) is 5.32 Å². The third-order valence-electron chi connectivity index (χ3n) is 4.27. The van der Waals surface area contributed by atoms with E-state index in [-0.39, 0.29) is 10.7 Å². The fourth-order valence-corrected chi connectivity index (χ4v) is 3.77. The van der Waals surface area contributed by atoms with Crippen LogP contribution >= 0.6 is 11.8 Å². The molecule has 2 rings (SSSR count). The van der Waals surface area contributed by atoms with Gasteiger partial charge in [0, 0.05) is 23.0 Å². The third-order valence-corrected chi connectivity index (χ3v) is 5.69. The smallest absolute Gasteiger partial charge is 0.253 e. The maximum Gasteiger partial charge on any atom is 0.253 e. The van der Waals surface area contributed by atoms with Crippen LogP contribution in [0.15, 0.2) is 18.2 Å². The second-order valence-electron chi connectivity index (χ2n) is 5.58. The highest BCUT2D eigenvalue weighted by Crippen LogP contribution is 2.38. The van der Waals surface area contributed by atoms with Gasteiger partial charge in [-0.1, -0.05) is 19.3 Å². The Hall–Kier alpha value is -1.36. The van der Waals surface area contributed by atoms with Crippen LogP contribution in [0.3, 0.4) is 0 Å². The summed E-state index contributed by atoms with van der Waals surface area (Å²) >= 11 is 1.87. The Balaban J connectivity index is 2.01. The summed E-state index contributed by atoms with van der Waals surface area (Å²) in [6.07, 6.45) is 8.29. The summed E-state index contributed by atoms with van der Waals surface area (Å²) in [7, 11) is 1.58. The van der Waals surface area contributed by atoms with Crippen molar-refractivity contribution >= 4 is 23.4 Å². The molecule has 0 radical (unpaired) electrons. The normalized spacial score (nSPS) is 17.2. The molecule has 1 amide bonds. The molecule has 0 heterocycles. The number of benzene rings is 1. The number of hydrogen-bond donors (Lipinski definition) is 2. The minimum Gasteiger partial charge on any atom is -0.497 e. The van der Waals surface area contributed by atoms with E-state index in [1.165, 1.54) is 32.1 Å². The first kappa shape index (κ1) is 16.0. The molecule has 21 heavy (non-hydrogen) atoms. The lowest BCUT2D eigenvalue weighted by Gasteiger charge is -2.35. The maximum absolute atomic E-state index is 12.3. The van der Waals surface area contributed by atoms with E-state index in [0.717, 1.165) is 0 Å². The highest BCUT2D eigenvalue weighted by molar-refractivity contribution is 8.00. The van der Waals surface area contributed by atoms with Gasteiger partial charge in [-0.25, -0.2) is 0 Å². The first-order valence-electron chi connectivity index (χ1n) is 7.37. The zero-order chi connectivity index (χ0) is 15.3. The van der Waals surface area contributed by atoms with E-state index in [1.54, 1.807) is 25.3 Å². The van der Waals surface area contributed by atoms with Gasteiger partial charge >= 0.3 is 0 Å². The molecule has 3 N–H and O–H groups in total. The van der Waals surface area contributed by atoms with E-state index < -0.39 is 0 Å². The van der Waals surface area contributed by atoms with Gasteiger partial charge in [-0.15, -0.1) is 0 Å². The second kappa shape index (κ2) is 7.07. The Bertz CT molecular complexity index is 499. The summed E-state index contributed by atoms with van der Waals surface area (Å²) in [5.74, 6) is 0.561. The van der Waals surface area contributed by atoms with E-state index in [1.807, 2.05) is 11.8 Å². The number of amides is 1. The average molecular weight is 308 g/mol. The number of rotatable bonds is 5. The Morgan fingerprint density at radius 2 is 2.10 bits per heavy atom. The van der Waals surface area contributed by atoms with E-state index >= 15 is 0 Å². The van der Waals surface area contributed by atoms with Gasteiger partial charge in [0.05, 0.1) is 12.7 Å². The van der Waals surface area contributed by atoms with Gasteiger partial charge in [0.1, 0.15) is 5.75 Å². The Kier molecular flexibility index (Phi) is 5.39. The minimum atomic E-state index is -0.103. The van der Waals surface area contributed by atoms with Crippen molar-refractivity contribution in [3.8, 4) is 5.75 Å². The number of ether oxygens (including phenoxy) is 1. The number of anilines is 1. The molecular weight excluding hydrogens is 284 g/mol. The van der Waals surface area contributed by atoms with E-state index in [9.17, 15) is 4.79 Å². The van der Waals surface area contributed by atoms with Crippen LogP contribution < -0.4 is 15.8 Å². The topological polar surface area (TPSA) is 64.3 Å². The Morgan fingerprint density at radius 3 is 2.67 bits per heavy atom. The molecule has 0 aliphatic heterocycles. The number of nitrogens with two attached hydrogens (primary N) is 1. The first-order chi connectivity index (χ1) is 10.1. The standard InChI is InChI=1S/C16H24N2O2S/c1-20-12-6-7-13(14(17)10-12)15(19)18-11-16(21-2)8-4-3-5-9-16/h6-7,10H,3-5,8-9,11,17H2,1-2H3,(H,18,19). The van der Waals surface area contributed by atoms with Crippen LogP contribution in [-0.2, 0) is 0 Å². The molecule has 0 atom stereocenters. The number of nitrogens with one attached hydrogen (secondary N) is 1. The summed E-state index contributed by atoms with van der Waals surface area (Å²) in [5, 5.41) is 3.06. The third kappa shape index (κ3) is 3.84. The van der Waals surface area contributed by atoms with Crippen molar-refractivity contribution in [3.05, 3.63) is 23.8 Å². The molecule has 116 valence electrons. The molecule has 0 spiro atoms. The molecule has 1 aliphatic carbocycles. The highest BCUT2D eigenvalue weighted by atomic mass is 32.2. The fourth-order valence-electron chi connectivity index (χ4n) is 2.86. The Morgan fingerprint density at radius 1 is 1.38 bits per heavy atom. The molecule has 1 saturated carbocycles. The average Bonchev–Trinajstić information content (AvgIpc) is 2.53. The predicted molar refractivity (Wildman–Crippen MR) is 89.1 cm³/mol. The van der Waals surface area contributed by atoms with Crippen molar-refractivity contribution < 1.29 is 9.53 Å². The van der Waals surface area contributed by atoms with E-state index in [2.05, 4.69) is 11.6 Å². The zero-order valence-corrected chi connectivity index (χ0v) is 13.6. The summed E-state index contributed by atoms with van der Waals surface area (Å²) in [6, 6.07) is 5.16. The number of carbonyl (C=O) groups is 1. The van der Waals surface area contributed by atoms with Crippen LogP contribution in [0.4, 0.5) is 5.69 Å². The molecule has 0 aromatic heterocycles. The number of thioether (sulfide) groups is 1. The molecular formula is C16H24N2O2S. The summed E-state index contributed by atoms with van der Waals surface area (Å²) in [5.41, 5.74) is 6.90. The van der Waals surface area contributed by atoms with Gasteiger partial charge in [-0.2, -0.15) is 11.8 Å². The van der Waals surface area contributed by atoms with Crippen molar-refractivity contribution in [1.29, 1.82) is 0 Å². The lowest BCUT2D eigenvalue weighted by atomic mass is 9.88. The molecule has 1 aromatic rings. The molecule has 1 aromatic carbocycles. The van der Waals surface area contributed by atoms with Crippen LogP contribution in [0.25, 0.3) is 0 Å². The monoisotopic (exact) mass is 308 g/mol.